The van der Waals surface area contributed by atoms with Crippen LogP contribution in [-0.4, -0.2) is 37.0 Å². The van der Waals surface area contributed by atoms with Crippen molar-refractivity contribution in [3.8, 4) is 0 Å². The van der Waals surface area contributed by atoms with Crippen LogP contribution in [0, 0.1) is 17.3 Å². The van der Waals surface area contributed by atoms with E-state index in [4.69, 9.17) is 9.57 Å². The maximum atomic E-state index is 12.8. The zero-order chi connectivity index (χ0) is 17.6. The van der Waals surface area contributed by atoms with Crippen molar-refractivity contribution in [3.05, 3.63) is 12.7 Å². The Morgan fingerprint density at radius 1 is 1.43 bits per heavy atom. The van der Waals surface area contributed by atoms with Gasteiger partial charge in [0, 0.05) is 6.42 Å². The quantitative estimate of drug-likeness (QED) is 0.179. The van der Waals surface area contributed by atoms with E-state index in [9.17, 15) is 14.4 Å². The fourth-order valence-electron chi connectivity index (χ4n) is 2.94. The van der Waals surface area contributed by atoms with Gasteiger partial charge in [0.25, 0.3) is 0 Å². The van der Waals surface area contributed by atoms with E-state index in [0.717, 1.165) is 0 Å². The molecule has 6 nitrogen and oxygen atoms in total. The molecule has 0 heterocycles. The number of hydrogen-bond acceptors (Lipinski definition) is 6. The Hall–Kier alpha value is -1.98. The first kappa shape index (κ1) is 19.1. The van der Waals surface area contributed by atoms with Crippen molar-refractivity contribution < 1.29 is 24.0 Å². The number of carbonyl (C=O) groups excluding carboxylic acids is 3. The number of nitrogens with zero attached hydrogens (tertiary/aromatic N) is 1. The summed E-state index contributed by atoms with van der Waals surface area (Å²) in [4.78, 5) is 42.4. The number of hydrogen-bond donors (Lipinski definition) is 0. The number of esters is 1. The molecule has 0 radical (unpaired) electrons. The highest BCUT2D eigenvalue weighted by Gasteiger charge is 2.53. The molecule has 2 atom stereocenters. The first-order valence-electron chi connectivity index (χ1n) is 7.74. The lowest BCUT2D eigenvalue weighted by Gasteiger charge is -2.38. The van der Waals surface area contributed by atoms with Crippen molar-refractivity contribution >= 4 is 23.2 Å². The summed E-state index contributed by atoms with van der Waals surface area (Å²) in [5.41, 5.74) is -0.398. The summed E-state index contributed by atoms with van der Waals surface area (Å²) in [6, 6.07) is 0. The SMILES string of the molecule is C=CCO/N=C(/CCC)[C@H]1C(=O)CC(C)(C)[C@@H](C(=O)OC)C1=O. The molecule has 0 unspecified atom stereocenters. The highest BCUT2D eigenvalue weighted by atomic mass is 16.6. The van der Waals surface area contributed by atoms with Crippen LogP contribution in [0.4, 0.5) is 0 Å². The lowest BCUT2D eigenvalue weighted by atomic mass is 9.63. The van der Waals surface area contributed by atoms with Crippen LogP contribution < -0.4 is 0 Å². The van der Waals surface area contributed by atoms with E-state index in [1.54, 1.807) is 13.8 Å². The Morgan fingerprint density at radius 3 is 2.61 bits per heavy atom. The molecule has 1 fully saturated rings. The van der Waals surface area contributed by atoms with Gasteiger partial charge >= 0.3 is 5.97 Å². The Bertz CT molecular complexity index is 521. The fourth-order valence-corrected chi connectivity index (χ4v) is 2.94. The van der Waals surface area contributed by atoms with Crippen molar-refractivity contribution in [2.24, 2.45) is 22.4 Å². The minimum absolute atomic E-state index is 0.118. The maximum absolute atomic E-state index is 12.8. The smallest absolute Gasteiger partial charge is 0.316 e. The van der Waals surface area contributed by atoms with Gasteiger partial charge in [-0.1, -0.05) is 45.0 Å². The Morgan fingerprint density at radius 2 is 2.09 bits per heavy atom. The Labute approximate surface area is 136 Å². The summed E-state index contributed by atoms with van der Waals surface area (Å²) in [6.07, 6.45) is 2.80. The highest BCUT2D eigenvalue weighted by Crippen LogP contribution is 2.40. The average Bonchev–Trinajstić information content (AvgIpc) is 2.45. The zero-order valence-electron chi connectivity index (χ0n) is 14.3. The number of rotatable bonds is 7. The van der Waals surface area contributed by atoms with E-state index in [0.29, 0.717) is 18.6 Å². The van der Waals surface area contributed by atoms with Crippen LogP contribution in [0.15, 0.2) is 17.8 Å². The predicted molar refractivity (Wildman–Crippen MR) is 85.9 cm³/mol. The van der Waals surface area contributed by atoms with Gasteiger partial charge in [-0.25, -0.2) is 0 Å². The Kier molecular flexibility index (Phi) is 6.66. The van der Waals surface area contributed by atoms with Crippen LogP contribution in [-0.2, 0) is 24.0 Å². The van der Waals surface area contributed by atoms with Crippen LogP contribution in [0.5, 0.6) is 0 Å². The van der Waals surface area contributed by atoms with Crippen molar-refractivity contribution in [1.82, 2.24) is 0 Å². The normalized spacial score (nSPS) is 24.3. The van der Waals surface area contributed by atoms with E-state index in [1.807, 2.05) is 6.92 Å². The second-order valence-corrected chi connectivity index (χ2v) is 6.34. The average molecular weight is 323 g/mol. The molecule has 0 aromatic rings. The summed E-state index contributed by atoms with van der Waals surface area (Å²) in [6.45, 7) is 9.09. The predicted octanol–water partition coefficient (Wildman–Crippen LogP) is 2.32. The first-order valence-corrected chi connectivity index (χ1v) is 7.74. The third kappa shape index (κ3) is 4.27. The van der Waals surface area contributed by atoms with Gasteiger partial charge in [0.05, 0.1) is 12.8 Å². The number of methoxy groups -OCH3 is 1. The zero-order valence-corrected chi connectivity index (χ0v) is 14.3. The lowest BCUT2D eigenvalue weighted by Crippen LogP contribution is -2.52. The molecule has 0 bridgehead atoms. The number of carbonyl (C=O) groups is 3. The van der Waals surface area contributed by atoms with Gasteiger partial charge in [0.2, 0.25) is 0 Å². The molecule has 0 amide bonds. The lowest BCUT2D eigenvalue weighted by molar-refractivity contribution is -0.159. The molecule has 1 saturated carbocycles. The van der Waals surface area contributed by atoms with Gasteiger partial charge in [0.1, 0.15) is 24.2 Å². The number of ketones is 2. The van der Waals surface area contributed by atoms with Gasteiger partial charge in [-0.05, 0) is 11.8 Å². The molecule has 0 aromatic heterocycles. The molecule has 0 N–H and O–H groups in total. The Balaban J connectivity index is 3.19. The van der Waals surface area contributed by atoms with E-state index in [1.165, 1.54) is 13.2 Å². The van der Waals surface area contributed by atoms with E-state index < -0.39 is 29.0 Å². The molecule has 1 rings (SSSR count). The summed E-state index contributed by atoms with van der Waals surface area (Å²) < 4.78 is 4.76. The third-order valence-corrected chi connectivity index (χ3v) is 3.95. The molecule has 0 spiro atoms. The molecular weight excluding hydrogens is 298 g/mol. The fraction of sp³-hybridized carbons (Fsp3) is 0.647. The summed E-state index contributed by atoms with van der Waals surface area (Å²) in [5.74, 6) is -3.30. The molecule has 23 heavy (non-hydrogen) atoms. The number of ether oxygens (including phenoxy) is 1. The van der Waals surface area contributed by atoms with Gasteiger partial charge < -0.3 is 9.57 Å². The minimum Gasteiger partial charge on any atom is -0.468 e. The van der Waals surface area contributed by atoms with Crippen LogP contribution >= 0.6 is 0 Å². The topological polar surface area (TPSA) is 82.0 Å². The maximum Gasteiger partial charge on any atom is 0.316 e. The van der Waals surface area contributed by atoms with Gasteiger partial charge in [-0.15, -0.1) is 0 Å². The summed E-state index contributed by atoms with van der Waals surface area (Å²) in [7, 11) is 1.24. The van der Waals surface area contributed by atoms with E-state index in [2.05, 4.69) is 11.7 Å². The third-order valence-electron chi connectivity index (χ3n) is 3.95. The van der Waals surface area contributed by atoms with Crippen molar-refractivity contribution in [1.29, 1.82) is 0 Å². The van der Waals surface area contributed by atoms with Gasteiger partial charge in [-0.3, -0.25) is 14.4 Å². The largest absolute Gasteiger partial charge is 0.468 e. The van der Waals surface area contributed by atoms with Crippen LogP contribution in [0.3, 0.4) is 0 Å². The molecular formula is C17H25NO5. The second-order valence-electron chi connectivity index (χ2n) is 6.34. The standard InChI is InChI=1S/C17H25NO5/c1-6-8-11(18-23-9-7-2)13-12(19)10-17(3,4)14(15(13)20)16(21)22-5/h7,13-14H,2,6,8-10H2,1,3-5H3/b18-11-/t13-,14+/m0/s1. The molecule has 1 aliphatic carbocycles. The van der Waals surface area contributed by atoms with Crippen LogP contribution in [0.2, 0.25) is 0 Å². The van der Waals surface area contributed by atoms with E-state index >= 15 is 0 Å². The van der Waals surface area contributed by atoms with Crippen molar-refractivity contribution in [2.75, 3.05) is 13.7 Å². The van der Waals surface area contributed by atoms with Crippen LogP contribution in [0.25, 0.3) is 0 Å². The van der Waals surface area contributed by atoms with Gasteiger partial charge in [-0.2, -0.15) is 0 Å². The molecule has 1 aliphatic rings. The van der Waals surface area contributed by atoms with Crippen LogP contribution in [0.1, 0.15) is 40.0 Å². The summed E-state index contributed by atoms with van der Waals surface area (Å²) >= 11 is 0. The summed E-state index contributed by atoms with van der Waals surface area (Å²) in [5, 5.41) is 3.95. The van der Waals surface area contributed by atoms with Crippen molar-refractivity contribution in [3.63, 3.8) is 0 Å². The minimum atomic E-state index is -1.03. The molecule has 0 aliphatic heterocycles. The van der Waals surface area contributed by atoms with Crippen molar-refractivity contribution in [2.45, 2.75) is 40.0 Å². The van der Waals surface area contributed by atoms with E-state index in [-0.39, 0.29) is 18.8 Å². The number of Topliss-reactive ketones (excluding diaryl/α,β-unsaturated/α-hetero) is 2. The molecule has 0 aromatic carbocycles. The molecule has 128 valence electrons. The highest BCUT2D eigenvalue weighted by molar-refractivity contribution is 6.26. The number of oxime groups is 1. The second kappa shape index (κ2) is 8.04. The first-order chi connectivity index (χ1) is 10.8. The van der Waals surface area contributed by atoms with Gasteiger partial charge in [0.15, 0.2) is 5.78 Å². The monoisotopic (exact) mass is 323 g/mol. The molecule has 0 saturated heterocycles. The molecule has 6 heteroatoms.